The van der Waals surface area contributed by atoms with Crippen LogP contribution >= 0.6 is 12.2 Å². The Kier molecular flexibility index (Phi) is 5.43. The third kappa shape index (κ3) is 3.80. The van der Waals surface area contributed by atoms with E-state index in [1.165, 1.54) is 19.3 Å². The standard InChI is InChI=1S/C21H25N5OS/c1-16-9-5-6-12-18(16)22-19(27)15-25-21(28)26(24-13-7-8-14-24)20(23-25)17-10-3-2-4-11-17/h5-9,12-14,17H,2-4,10-11,15H2,1H3,(H,22,27). The van der Waals surface area contributed by atoms with Crippen LogP contribution in [0.3, 0.4) is 0 Å². The average Bonchev–Trinajstić information content (AvgIpc) is 3.33. The van der Waals surface area contributed by atoms with Gasteiger partial charge in [0.05, 0.1) is 0 Å². The maximum atomic E-state index is 12.6. The molecule has 28 heavy (non-hydrogen) atoms. The first-order valence-electron chi connectivity index (χ1n) is 9.82. The molecule has 0 unspecified atom stereocenters. The van der Waals surface area contributed by atoms with Crippen molar-refractivity contribution >= 4 is 23.8 Å². The molecule has 1 amide bonds. The molecule has 1 aliphatic carbocycles. The lowest BCUT2D eigenvalue weighted by Crippen LogP contribution is -2.20. The first kappa shape index (κ1) is 18.7. The molecule has 1 fully saturated rings. The summed E-state index contributed by atoms with van der Waals surface area (Å²) in [6, 6.07) is 11.7. The summed E-state index contributed by atoms with van der Waals surface area (Å²) in [5.41, 5.74) is 1.84. The number of rotatable bonds is 5. The molecule has 6 nitrogen and oxygen atoms in total. The van der Waals surface area contributed by atoms with E-state index in [9.17, 15) is 4.79 Å². The molecule has 2 aromatic heterocycles. The van der Waals surface area contributed by atoms with Crippen LogP contribution in [-0.2, 0) is 11.3 Å². The minimum absolute atomic E-state index is 0.0984. The van der Waals surface area contributed by atoms with Crippen molar-refractivity contribution < 1.29 is 4.79 Å². The molecule has 0 atom stereocenters. The highest BCUT2D eigenvalue weighted by molar-refractivity contribution is 7.71. The third-order valence-corrected chi connectivity index (χ3v) is 5.73. The number of anilines is 1. The fourth-order valence-electron chi connectivity index (χ4n) is 3.85. The summed E-state index contributed by atoms with van der Waals surface area (Å²) in [6.07, 6.45) is 9.85. The fourth-order valence-corrected chi connectivity index (χ4v) is 4.14. The second-order valence-electron chi connectivity index (χ2n) is 7.37. The summed E-state index contributed by atoms with van der Waals surface area (Å²) >= 11 is 5.70. The number of carbonyl (C=O) groups excluding carboxylic acids is 1. The Balaban J connectivity index is 1.63. The number of amides is 1. The van der Waals surface area contributed by atoms with Crippen LogP contribution in [0.1, 0.15) is 49.4 Å². The molecule has 0 bridgehead atoms. The van der Waals surface area contributed by atoms with Gasteiger partial charge in [0.2, 0.25) is 10.7 Å². The summed E-state index contributed by atoms with van der Waals surface area (Å²) in [6.45, 7) is 2.07. The number of hydrogen-bond donors (Lipinski definition) is 1. The van der Waals surface area contributed by atoms with Crippen molar-refractivity contribution in [1.82, 2.24) is 19.1 Å². The summed E-state index contributed by atoms with van der Waals surface area (Å²) in [4.78, 5) is 12.6. The van der Waals surface area contributed by atoms with Crippen LogP contribution in [0.4, 0.5) is 5.69 Å². The molecule has 146 valence electrons. The van der Waals surface area contributed by atoms with E-state index in [0.717, 1.165) is 29.9 Å². The van der Waals surface area contributed by atoms with Gasteiger partial charge in [-0.05, 0) is 55.7 Å². The van der Waals surface area contributed by atoms with Gasteiger partial charge < -0.3 is 5.32 Å². The maximum absolute atomic E-state index is 12.6. The van der Waals surface area contributed by atoms with Gasteiger partial charge in [0.15, 0.2) is 5.82 Å². The van der Waals surface area contributed by atoms with Crippen LogP contribution in [0, 0.1) is 11.7 Å². The Morgan fingerprint density at radius 1 is 1.14 bits per heavy atom. The van der Waals surface area contributed by atoms with Crippen molar-refractivity contribution in [3.05, 3.63) is 65.0 Å². The number of nitrogens with one attached hydrogen (secondary N) is 1. The van der Waals surface area contributed by atoms with Gasteiger partial charge in [-0.15, -0.1) is 0 Å². The Labute approximate surface area is 169 Å². The van der Waals surface area contributed by atoms with Crippen molar-refractivity contribution in [2.75, 3.05) is 5.32 Å². The molecule has 2 heterocycles. The Bertz CT molecular complexity index is 1010. The molecule has 0 radical (unpaired) electrons. The summed E-state index contributed by atoms with van der Waals surface area (Å²) in [5, 5.41) is 7.75. The van der Waals surface area contributed by atoms with E-state index in [1.54, 1.807) is 4.68 Å². The van der Waals surface area contributed by atoms with Gasteiger partial charge in [-0.25, -0.2) is 9.36 Å². The van der Waals surface area contributed by atoms with Crippen LogP contribution < -0.4 is 5.32 Å². The Morgan fingerprint density at radius 2 is 1.86 bits per heavy atom. The minimum atomic E-state index is -0.127. The SMILES string of the molecule is Cc1ccccc1NC(=O)Cn1nc(C2CCCCC2)n(-n2cccc2)c1=S. The van der Waals surface area contributed by atoms with Gasteiger partial charge in [-0.1, -0.05) is 37.5 Å². The minimum Gasteiger partial charge on any atom is -0.324 e. The van der Waals surface area contributed by atoms with Crippen LogP contribution in [0.25, 0.3) is 0 Å². The lowest BCUT2D eigenvalue weighted by atomic mass is 9.89. The molecule has 7 heteroatoms. The summed E-state index contributed by atoms with van der Waals surface area (Å²) < 4.78 is 6.10. The third-order valence-electron chi connectivity index (χ3n) is 5.34. The number of aryl methyl sites for hydroxylation is 1. The number of benzene rings is 1. The number of nitrogens with zero attached hydrogens (tertiary/aromatic N) is 4. The summed E-state index contributed by atoms with van der Waals surface area (Å²) in [7, 11) is 0. The van der Waals surface area contributed by atoms with Crippen LogP contribution in [0.15, 0.2) is 48.8 Å². The van der Waals surface area contributed by atoms with Crippen molar-refractivity contribution in [2.45, 2.75) is 51.5 Å². The zero-order chi connectivity index (χ0) is 19.5. The van der Waals surface area contributed by atoms with Gasteiger partial charge in [-0.3, -0.25) is 9.47 Å². The highest BCUT2D eigenvalue weighted by Crippen LogP contribution is 2.32. The Morgan fingerprint density at radius 3 is 2.57 bits per heavy atom. The molecule has 0 aliphatic heterocycles. The second kappa shape index (κ2) is 8.14. The van der Waals surface area contributed by atoms with Crippen molar-refractivity contribution in [1.29, 1.82) is 0 Å². The number of hydrogen-bond acceptors (Lipinski definition) is 3. The van der Waals surface area contributed by atoms with E-state index in [1.807, 2.05) is 65.1 Å². The fraction of sp³-hybridized carbons (Fsp3) is 0.381. The molecule has 1 aliphatic rings. The topological polar surface area (TPSA) is 56.8 Å². The van der Waals surface area contributed by atoms with E-state index >= 15 is 0 Å². The van der Waals surface area contributed by atoms with Gasteiger partial charge >= 0.3 is 0 Å². The average molecular weight is 396 g/mol. The number of carbonyl (C=O) groups is 1. The van der Waals surface area contributed by atoms with Gasteiger partial charge in [0.1, 0.15) is 6.54 Å². The largest absolute Gasteiger partial charge is 0.324 e. The predicted molar refractivity (Wildman–Crippen MR) is 112 cm³/mol. The van der Waals surface area contributed by atoms with E-state index in [0.29, 0.717) is 10.7 Å². The van der Waals surface area contributed by atoms with E-state index in [2.05, 4.69) is 5.32 Å². The predicted octanol–water partition coefficient (Wildman–Crippen LogP) is 4.52. The Hall–Kier alpha value is -2.67. The molecule has 1 aromatic carbocycles. The van der Waals surface area contributed by atoms with E-state index < -0.39 is 0 Å². The van der Waals surface area contributed by atoms with Gasteiger partial charge in [0.25, 0.3) is 0 Å². The lowest BCUT2D eigenvalue weighted by Gasteiger charge is -2.21. The molecule has 4 rings (SSSR count). The highest BCUT2D eigenvalue weighted by atomic mass is 32.1. The zero-order valence-electron chi connectivity index (χ0n) is 16.0. The molecular formula is C21H25N5OS. The first-order chi connectivity index (χ1) is 13.6. The van der Waals surface area contributed by atoms with E-state index in [4.69, 9.17) is 17.3 Å². The van der Waals surface area contributed by atoms with Crippen molar-refractivity contribution in [3.63, 3.8) is 0 Å². The lowest BCUT2D eigenvalue weighted by molar-refractivity contribution is -0.116. The second-order valence-corrected chi connectivity index (χ2v) is 7.74. The van der Waals surface area contributed by atoms with E-state index in [-0.39, 0.29) is 12.5 Å². The number of para-hydroxylation sites is 1. The molecule has 3 aromatic rings. The molecule has 0 saturated heterocycles. The molecule has 1 saturated carbocycles. The quantitative estimate of drug-likeness (QED) is 0.646. The zero-order valence-corrected chi connectivity index (χ0v) is 16.9. The maximum Gasteiger partial charge on any atom is 0.246 e. The van der Waals surface area contributed by atoms with Gasteiger partial charge in [0, 0.05) is 24.0 Å². The molecular weight excluding hydrogens is 370 g/mol. The first-order valence-corrected chi connectivity index (χ1v) is 10.2. The molecule has 1 N–H and O–H groups in total. The highest BCUT2D eigenvalue weighted by Gasteiger charge is 2.24. The molecule has 0 spiro atoms. The van der Waals surface area contributed by atoms with Crippen molar-refractivity contribution in [3.8, 4) is 0 Å². The van der Waals surface area contributed by atoms with Crippen molar-refractivity contribution in [2.24, 2.45) is 0 Å². The van der Waals surface area contributed by atoms with Gasteiger partial charge in [-0.2, -0.15) is 5.10 Å². The van der Waals surface area contributed by atoms with Crippen LogP contribution in [0.2, 0.25) is 0 Å². The van der Waals surface area contributed by atoms with Crippen LogP contribution in [0.5, 0.6) is 0 Å². The monoisotopic (exact) mass is 395 g/mol. The number of aromatic nitrogens is 4. The van der Waals surface area contributed by atoms with Crippen LogP contribution in [-0.4, -0.2) is 25.0 Å². The summed E-state index contributed by atoms with van der Waals surface area (Å²) in [5.74, 6) is 1.20. The normalized spacial score (nSPS) is 14.9. The smallest absolute Gasteiger partial charge is 0.246 e.